The third kappa shape index (κ3) is 4.08. The number of likely N-dealkylation sites (N-methyl/N-ethyl adjacent to an activating group) is 1. The molecule has 0 unspecified atom stereocenters. The van der Waals surface area contributed by atoms with E-state index in [4.69, 9.17) is 4.74 Å². The Hall–Kier alpha value is -2.54. The number of rotatable bonds is 6. The second-order valence-electron chi connectivity index (χ2n) is 6.36. The van der Waals surface area contributed by atoms with Gasteiger partial charge in [0.15, 0.2) is 6.10 Å². The maximum Gasteiger partial charge on any atom is 0.265 e. The summed E-state index contributed by atoms with van der Waals surface area (Å²) in [5, 5.41) is 0. The minimum absolute atomic E-state index is 0.0263. The molecular formula is C20H24N2O4S. The fourth-order valence-corrected chi connectivity index (χ4v) is 4.78. The number of nitrogens with zero attached hydrogens (tertiary/aromatic N) is 2. The molecule has 6 nitrogen and oxygen atoms in total. The zero-order valence-electron chi connectivity index (χ0n) is 15.5. The summed E-state index contributed by atoms with van der Waals surface area (Å²) in [6.07, 6.45) is -0.856. The van der Waals surface area contributed by atoms with Gasteiger partial charge in [-0.2, -0.15) is 0 Å². The van der Waals surface area contributed by atoms with Gasteiger partial charge in [-0.15, -0.1) is 0 Å². The number of para-hydroxylation sites is 2. The zero-order chi connectivity index (χ0) is 19.4. The first kappa shape index (κ1) is 19.2. The summed E-state index contributed by atoms with van der Waals surface area (Å²) in [4.78, 5) is 14.4. The molecule has 0 spiro atoms. The third-order valence-electron chi connectivity index (χ3n) is 4.61. The van der Waals surface area contributed by atoms with Crippen LogP contribution in [0.1, 0.15) is 19.4 Å². The molecule has 0 N–H and O–H groups in total. The number of hydrogen-bond donors (Lipinski definition) is 0. The van der Waals surface area contributed by atoms with Crippen LogP contribution >= 0.6 is 0 Å². The van der Waals surface area contributed by atoms with E-state index < -0.39 is 16.1 Å². The van der Waals surface area contributed by atoms with Crippen molar-refractivity contribution in [3.63, 3.8) is 0 Å². The first-order chi connectivity index (χ1) is 13.0. The summed E-state index contributed by atoms with van der Waals surface area (Å²) < 4.78 is 33.4. The Morgan fingerprint density at radius 1 is 1.07 bits per heavy atom. The van der Waals surface area contributed by atoms with Crippen LogP contribution in [-0.2, 0) is 20.6 Å². The van der Waals surface area contributed by atoms with E-state index in [9.17, 15) is 13.2 Å². The fraction of sp³-hybridized carbons (Fsp3) is 0.350. The molecule has 0 bridgehead atoms. The molecule has 1 atom stereocenters. The Bertz CT molecular complexity index is 895. The summed E-state index contributed by atoms with van der Waals surface area (Å²) in [6.45, 7) is 4.85. The van der Waals surface area contributed by atoms with Crippen molar-refractivity contribution in [3.05, 3.63) is 60.2 Å². The summed E-state index contributed by atoms with van der Waals surface area (Å²) in [5.41, 5.74) is 1.17. The highest BCUT2D eigenvalue weighted by Gasteiger charge is 2.37. The zero-order valence-corrected chi connectivity index (χ0v) is 16.4. The van der Waals surface area contributed by atoms with E-state index in [1.54, 1.807) is 41.3 Å². The maximum atomic E-state index is 13.1. The molecule has 0 saturated heterocycles. The number of carbonyl (C=O) groups is 1. The molecule has 2 aromatic carbocycles. The van der Waals surface area contributed by atoms with Crippen LogP contribution in [0.5, 0.6) is 5.75 Å². The Balaban J connectivity index is 1.94. The SMILES string of the molecule is CCN(CC)C(=O)[C@@H]1CN(S(=O)(=O)Cc2ccccc2)c2ccccc2O1. The standard InChI is InChI=1S/C20H24N2O4S/c1-3-21(4-2)20(23)19-14-22(17-12-8-9-13-18(17)26-19)27(24,25)15-16-10-6-5-7-11-16/h5-13,19H,3-4,14-15H2,1-2H3/t19-/m0/s1. The lowest BCUT2D eigenvalue weighted by molar-refractivity contribution is -0.138. The van der Waals surface area contributed by atoms with Gasteiger partial charge in [0.2, 0.25) is 10.0 Å². The van der Waals surface area contributed by atoms with Crippen molar-refractivity contribution in [2.75, 3.05) is 23.9 Å². The fourth-order valence-electron chi connectivity index (χ4n) is 3.20. The normalized spacial score (nSPS) is 16.4. The van der Waals surface area contributed by atoms with Gasteiger partial charge in [-0.3, -0.25) is 9.10 Å². The number of amides is 1. The van der Waals surface area contributed by atoms with Gasteiger partial charge in [0.1, 0.15) is 5.75 Å². The van der Waals surface area contributed by atoms with E-state index in [0.717, 1.165) is 0 Å². The average Bonchev–Trinajstić information content (AvgIpc) is 2.68. The van der Waals surface area contributed by atoms with Gasteiger partial charge in [-0.25, -0.2) is 8.42 Å². The largest absolute Gasteiger partial charge is 0.476 e. The van der Waals surface area contributed by atoms with Crippen molar-refractivity contribution >= 4 is 21.6 Å². The topological polar surface area (TPSA) is 66.9 Å². The predicted octanol–water partition coefficient (Wildman–Crippen LogP) is 2.65. The van der Waals surface area contributed by atoms with Gasteiger partial charge in [0, 0.05) is 13.1 Å². The second-order valence-corrected chi connectivity index (χ2v) is 8.25. The molecule has 3 rings (SSSR count). The number of carbonyl (C=O) groups excluding carboxylic acids is 1. The minimum atomic E-state index is -3.67. The van der Waals surface area contributed by atoms with Crippen molar-refractivity contribution in [1.82, 2.24) is 4.90 Å². The number of anilines is 1. The van der Waals surface area contributed by atoms with Gasteiger partial charge in [-0.1, -0.05) is 42.5 Å². The first-order valence-electron chi connectivity index (χ1n) is 9.05. The summed E-state index contributed by atoms with van der Waals surface area (Å²) in [6, 6.07) is 16.0. The number of hydrogen-bond acceptors (Lipinski definition) is 4. The maximum absolute atomic E-state index is 13.1. The van der Waals surface area contributed by atoms with Crippen LogP contribution in [0.25, 0.3) is 0 Å². The predicted molar refractivity (Wildman–Crippen MR) is 105 cm³/mol. The van der Waals surface area contributed by atoms with Crippen LogP contribution in [0.4, 0.5) is 5.69 Å². The molecule has 0 saturated carbocycles. The number of benzene rings is 2. The van der Waals surface area contributed by atoms with Crippen molar-refractivity contribution in [2.24, 2.45) is 0 Å². The third-order valence-corrected chi connectivity index (χ3v) is 6.33. The number of ether oxygens (including phenoxy) is 1. The number of fused-ring (bicyclic) bond motifs is 1. The van der Waals surface area contributed by atoms with Crippen molar-refractivity contribution < 1.29 is 17.9 Å². The molecule has 0 fully saturated rings. The van der Waals surface area contributed by atoms with Gasteiger partial charge in [0.25, 0.3) is 5.91 Å². The van der Waals surface area contributed by atoms with Crippen LogP contribution in [0.15, 0.2) is 54.6 Å². The molecule has 0 aliphatic carbocycles. The van der Waals surface area contributed by atoms with Crippen LogP contribution in [0.3, 0.4) is 0 Å². The molecule has 1 aliphatic rings. The molecule has 1 amide bonds. The summed E-state index contributed by atoms with van der Waals surface area (Å²) in [5.74, 6) is 0.0780. The monoisotopic (exact) mass is 388 g/mol. The first-order valence-corrected chi connectivity index (χ1v) is 10.7. The molecule has 1 heterocycles. The average molecular weight is 388 g/mol. The molecule has 144 valence electrons. The van der Waals surface area contributed by atoms with Crippen molar-refractivity contribution in [2.45, 2.75) is 25.7 Å². The lowest BCUT2D eigenvalue weighted by atomic mass is 10.2. The lowest BCUT2D eigenvalue weighted by Gasteiger charge is -2.36. The lowest BCUT2D eigenvalue weighted by Crippen LogP contribution is -2.52. The van der Waals surface area contributed by atoms with E-state index >= 15 is 0 Å². The summed E-state index contributed by atoms with van der Waals surface area (Å²) >= 11 is 0. The van der Waals surface area contributed by atoms with Crippen molar-refractivity contribution in [1.29, 1.82) is 0 Å². The van der Waals surface area contributed by atoms with Gasteiger partial charge in [-0.05, 0) is 31.5 Å². The van der Waals surface area contributed by atoms with E-state index in [-0.39, 0.29) is 18.2 Å². The van der Waals surface area contributed by atoms with Crippen LogP contribution in [-0.4, -0.2) is 45.0 Å². The van der Waals surface area contributed by atoms with E-state index in [0.29, 0.717) is 30.1 Å². The van der Waals surface area contributed by atoms with Crippen LogP contribution in [0, 0.1) is 0 Å². The molecule has 7 heteroatoms. The van der Waals surface area contributed by atoms with Gasteiger partial charge in [0.05, 0.1) is 18.0 Å². The molecule has 0 aromatic heterocycles. The van der Waals surface area contributed by atoms with Crippen LogP contribution in [0.2, 0.25) is 0 Å². The quantitative estimate of drug-likeness (QED) is 0.763. The molecular weight excluding hydrogens is 364 g/mol. The molecule has 1 aliphatic heterocycles. The van der Waals surface area contributed by atoms with Gasteiger partial charge >= 0.3 is 0 Å². The van der Waals surface area contributed by atoms with Gasteiger partial charge < -0.3 is 9.64 Å². The highest BCUT2D eigenvalue weighted by Crippen LogP contribution is 2.36. The Morgan fingerprint density at radius 2 is 1.70 bits per heavy atom. The smallest absolute Gasteiger partial charge is 0.265 e. The highest BCUT2D eigenvalue weighted by molar-refractivity contribution is 7.92. The summed E-state index contributed by atoms with van der Waals surface area (Å²) in [7, 11) is -3.67. The van der Waals surface area contributed by atoms with Crippen LogP contribution < -0.4 is 9.04 Å². The number of sulfonamides is 1. The Morgan fingerprint density at radius 3 is 2.37 bits per heavy atom. The molecule has 27 heavy (non-hydrogen) atoms. The second kappa shape index (κ2) is 8.00. The van der Waals surface area contributed by atoms with E-state index in [2.05, 4.69) is 0 Å². The molecule has 2 aromatic rings. The highest BCUT2D eigenvalue weighted by atomic mass is 32.2. The van der Waals surface area contributed by atoms with Crippen molar-refractivity contribution in [3.8, 4) is 5.75 Å². The Kier molecular flexibility index (Phi) is 5.70. The van der Waals surface area contributed by atoms with E-state index in [1.165, 1.54) is 4.31 Å². The molecule has 0 radical (unpaired) electrons. The van der Waals surface area contributed by atoms with E-state index in [1.807, 2.05) is 32.0 Å². The minimum Gasteiger partial charge on any atom is -0.476 e. The Labute approximate surface area is 160 Å².